The van der Waals surface area contributed by atoms with Crippen molar-refractivity contribution < 1.29 is 0 Å². The predicted octanol–water partition coefficient (Wildman–Crippen LogP) is 3.90. The number of thiophene rings is 1. The summed E-state index contributed by atoms with van der Waals surface area (Å²) in [6.45, 7) is 8.03. The SMILES string of the molecule is CCCNC(c1ccsc1C)C1(C)CC1. The van der Waals surface area contributed by atoms with Crippen LogP contribution >= 0.6 is 11.3 Å². The maximum absolute atomic E-state index is 3.72. The molecule has 0 radical (unpaired) electrons. The largest absolute Gasteiger partial charge is 0.309 e. The summed E-state index contributed by atoms with van der Waals surface area (Å²) in [6.07, 6.45) is 3.98. The number of aryl methyl sites for hydroxylation is 1. The second-order valence-corrected chi connectivity index (χ2v) is 6.09. The van der Waals surface area contributed by atoms with E-state index in [0.717, 1.165) is 6.54 Å². The van der Waals surface area contributed by atoms with Crippen molar-refractivity contribution in [2.75, 3.05) is 6.54 Å². The molecule has 0 aliphatic heterocycles. The molecule has 0 spiro atoms. The molecule has 15 heavy (non-hydrogen) atoms. The Bertz CT molecular complexity index is 325. The van der Waals surface area contributed by atoms with Crippen molar-refractivity contribution >= 4 is 11.3 Å². The van der Waals surface area contributed by atoms with Crippen LogP contribution in [-0.4, -0.2) is 6.54 Å². The minimum absolute atomic E-state index is 0.529. The van der Waals surface area contributed by atoms with E-state index in [1.807, 2.05) is 11.3 Å². The summed E-state index contributed by atoms with van der Waals surface area (Å²) in [5.41, 5.74) is 2.06. The number of rotatable bonds is 5. The Hall–Kier alpha value is -0.340. The van der Waals surface area contributed by atoms with Crippen LogP contribution in [0.1, 0.15) is 49.6 Å². The van der Waals surface area contributed by atoms with Crippen LogP contribution in [0.25, 0.3) is 0 Å². The van der Waals surface area contributed by atoms with Gasteiger partial charge in [0.25, 0.3) is 0 Å². The minimum Gasteiger partial charge on any atom is -0.309 e. The standard InChI is InChI=1S/C13H21NS/c1-4-8-14-12(13(3)6-7-13)11-5-9-15-10(11)2/h5,9,12,14H,4,6-8H2,1-3H3. The third-order valence-electron chi connectivity index (χ3n) is 3.54. The van der Waals surface area contributed by atoms with E-state index in [2.05, 4.69) is 37.5 Å². The first-order chi connectivity index (χ1) is 7.17. The molecular formula is C13H21NS. The van der Waals surface area contributed by atoms with Gasteiger partial charge in [-0.1, -0.05) is 13.8 Å². The Kier molecular flexibility index (Phi) is 3.17. The van der Waals surface area contributed by atoms with E-state index in [9.17, 15) is 0 Å². The van der Waals surface area contributed by atoms with Crippen molar-refractivity contribution in [2.24, 2.45) is 5.41 Å². The van der Waals surface area contributed by atoms with Gasteiger partial charge in [-0.25, -0.2) is 0 Å². The van der Waals surface area contributed by atoms with Crippen LogP contribution in [0, 0.1) is 12.3 Å². The molecule has 84 valence electrons. The zero-order valence-corrected chi connectivity index (χ0v) is 10.8. The lowest BCUT2D eigenvalue weighted by Crippen LogP contribution is -2.28. The summed E-state index contributed by atoms with van der Waals surface area (Å²) < 4.78 is 0. The topological polar surface area (TPSA) is 12.0 Å². The third-order valence-corrected chi connectivity index (χ3v) is 4.41. The Morgan fingerprint density at radius 3 is 2.73 bits per heavy atom. The van der Waals surface area contributed by atoms with Gasteiger partial charge >= 0.3 is 0 Å². The number of hydrogen-bond donors (Lipinski definition) is 1. The van der Waals surface area contributed by atoms with Crippen LogP contribution in [0.15, 0.2) is 11.4 Å². The highest BCUT2D eigenvalue weighted by Gasteiger charge is 2.45. The van der Waals surface area contributed by atoms with Gasteiger partial charge in [-0.05, 0) is 55.2 Å². The highest BCUT2D eigenvalue weighted by atomic mass is 32.1. The van der Waals surface area contributed by atoms with Crippen molar-refractivity contribution in [3.05, 3.63) is 21.9 Å². The van der Waals surface area contributed by atoms with Gasteiger partial charge in [-0.15, -0.1) is 11.3 Å². The highest BCUT2D eigenvalue weighted by Crippen LogP contribution is 2.55. The average Bonchev–Trinajstić information content (AvgIpc) is 2.81. The summed E-state index contributed by atoms with van der Waals surface area (Å²) >= 11 is 1.87. The molecule has 0 aromatic carbocycles. The summed E-state index contributed by atoms with van der Waals surface area (Å²) in [7, 11) is 0. The fourth-order valence-electron chi connectivity index (χ4n) is 2.20. The molecule has 0 amide bonds. The summed E-state index contributed by atoms with van der Waals surface area (Å²) in [5, 5.41) is 5.94. The van der Waals surface area contributed by atoms with Gasteiger partial charge in [0.05, 0.1) is 0 Å². The van der Waals surface area contributed by atoms with Crippen LogP contribution in [0.5, 0.6) is 0 Å². The Labute approximate surface area is 96.9 Å². The highest BCUT2D eigenvalue weighted by molar-refractivity contribution is 7.10. The molecule has 0 saturated heterocycles. The first kappa shape index (κ1) is 11.2. The molecule has 1 atom stereocenters. The predicted molar refractivity (Wildman–Crippen MR) is 67.4 cm³/mol. The maximum Gasteiger partial charge on any atom is 0.0385 e. The van der Waals surface area contributed by atoms with Crippen LogP contribution in [0.2, 0.25) is 0 Å². The second kappa shape index (κ2) is 4.26. The van der Waals surface area contributed by atoms with Crippen molar-refractivity contribution in [3.63, 3.8) is 0 Å². The van der Waals surface area contributed by atoms with Crippen LogP contribution in [-0.2, 0) is 0 Å². The Morgan fingerprint density at radius 2 is 2.27 bits per heavy atom. The van der Waals surface area contributed by atoms with E-state index in [1.54, 1.807) is 0 Å². The van der Waals surface area contributed by atoms with Crippen LogP contribution < -0.4 is 5.32 Å². The van der Waals surface area contributed by atoms with Crippen molar-refractivity contribution in [1.82, 2.24) is 5.32 Å². The Morgan fingerprint density at radius 1 is 1.53 bits per heavy atom. The first-order valence-corrected chi connectivity index (χ1v) is 6.83. The molecule has 2 heteroatoms. The number of hydrogen-bond acceptors (Lipinski definition) is 2. The fourth-order valence-corrected chi connectivity index (χ4v) is 2.94. The molecule has 1 unspecified atom stereocenters. The van der Waals surface area contributed by atoms with Gasteiger partial charge in [-0.2, -0.15) is 0 Å². The van der Waals surface area contributed by atoms with E-state index in [4.69, 9.17) is 0 Å². The van der Waals surface area contributed by atoms with E-state index in [0.29, 0.717) is 11.5 Å². The molecule has 1 aliphatic carbocycles. The van der Waals surface area contributed by atoms with Crippen molar-refractivity contribution in [1.29, 1.82) is 0 Å². The van der Waals surface area contributed by atoms with Crippen molar-refractivity contribution in [2.45, 2.75) is 46.1 Å². The lowest BCUT2D eigenvalue weighted by atomic mass is 9.92. The molecule has 1 aliphatic rings. The molecule has 1 aromatic rings. The van der Waals surface area contributed by atoms with Gasteiger partial charge in [0.2, 0.25) is 0 Å². The molecule has 1 N–H and O–H groups in total. The molecule has 1 nitrogen and oxygen atoms in total. The summed E-state index contributed by atoms with van der Waals surface area (Å²) in [4.78, 5) is 1.48. The third kappa shape index (κ3) is 2.26. The van der Waals surface area contributed by atoms with Gasteiger partial charge < -0.3 is 5.32 Å². The van der Waals surface area contributed by atoms with Gasteiger partial charge in [0, 0.05) is 10.9 Å². The molecular weight excluding hydrogens is 202 g/mol. The Balaban J connectivity index is 2.15. The first-order valence-electron chi connectivity index (χ1n) is 5.95. The van der Waals surface area contributed by atoms with Gasteiger partial charge in [-0.3, -0.25) is 0 Å². The molecule has 1 aromatic heterocycles. The minimum atomic E-state index is 0.529. The summed E-state index contributed by atoms with van der Waals surface area (Å²) in [5.74, 6) is 0. The van der Waals surface area contributed by atoms with Gasteiger partial charge in [0.1, 0.15) is 0 Å². The van der Waals surface area contributed by atoms with E-state index < -0.39 is 0 Å². The maximum atomic E-state index is 3.72. The van der Waals surface area contributed by atoms with E-state index in [-0.39, 0.29) is 0 Å². The fraction of sp³-hybridized carbons (Fsp3) is 0.692. The molecule has 0 bridgehead atoms. The smallest absolute Gasteiger partial charge is 0.0385 e. The quantitative estimate of drug-likeness (QED) is 0.798. The number of nitrogens with one attached hydrogen (secondary N) is 1. The van der Waals surface area contributed by atoms with Crippen molar-refractivity contribution in [3.8, 4) is 0 Å². The van der Waals surface area contributed by atoms with Crippen LogP contribution in [0.4, 0.5) is 0 Å². The molecule has 1 saturated carbocycles. The molecule has 1 heterocycles. The lowest BCUT2D eigenvalue weighted by Gasteiger charge is -2.25. The zero-order valence-electron chi connectivity index (χ0n) is 9.97. The van der Waals surface area contributed by atoms with Gasteiger partial charge in [0.15, 0.2) is 0 Å². The van der Waals surface area contributed by atoms with E-state index >= 15 is 0 Å². The van der Waals surface area contributed by atoms with E-state index in [1.165, 1.54) is 29.7 Å². The van der Waals surface area contributed by atoms with Crippen LogP contribution in [0.3, 0.4) is 0 Å². The molecule has 1 fully saturated rings. The summed E-state index contributed by atoms with van der Waals surface area (Å²) in [6, 6.07) is 2.89. The second-order valence-electron chi connectivity index (χ2n) is 4.97. The average molecular weight is 223 g/mol. The zero-order chi connectivity index (χ0) is 10.9. The monoisotopic (exact) mass is 223 g/mol. The lowest BCUT2D eigenvalue weighted by molar-refractivity contribution is 0.366. The molecule has 2 rings (SSSR count). The normalized spacial score (nSPS) is 20.2.